The minimum atomic E-state index is 0. The van der Waals surface area contributed by atoms with Crippen molar-refractivity contribution in [3.63, 3.8) is 0 Å². The maximum absolute atomic E-state index is 12.4. The monoisotopic (exact) mass is 620 g/mol. The lowest BCUT2D eigenvalue weighted by atomic mass is 10.0. The molecule has 244 valence electrons. The zero-order valence-electron chi connectivity index (χ0n) is 27.5. The largest absolute Gasteiger partial charge is 1.00 e. The van der Waals surface area contributed by atoms with Crippen LogP contribution < -0.4 is 24.8 Å². The topological polar surface area (TPSA) is 40.6 Å². The van der Waals surface area contributed by atoms with E-state index in [-0.39, 0.29) is 24.8 Å². The fraction of sp³-hybridized carbons (Fsp3) is 0.939. The van der Waals surface area contributed by atoms with Crippen LogP contribution in [0.4, 0.5) is 0 Å². The van der Waals surface area contributed by atoms with Gasteiger partial charge in [-0.2, -0.15) is 0 Å². The molecule has 2 aliphatic heterocycles. The van der Waals surface area contributed by atoms with Crippen LogP contribution in [0.25, 0.3) is 0 Å². The zero-order chi connectivity index (χ0) is 28.4. The van der Waals surface area contributed by atoms with Crippen molar-refractivity contribution in [1.82, 2.24) is 9.80 Å². The summed E-state index contributed by atoms with van der Waals surface area (Å²) in [6, 6.07) is 0. The van der Waals surface area contributed by atoms with Gasteiger partial charge in [-0.25, -0.2) is 0 Å². The van der Waals surface area contributed by atoms with E-state index in [2.05, 4.69) is 33.0 Å². The summed E-state index contributed by atoms with van der Waals surface area (Å²) in [4.78, 5) is 28.7. The van der Waals surface area contributed by atoms with Gasteiger partial charge in [0.2, 0.25) is 11.8 Å². The molecule has 2 aliphatic rings. The van der Waals surface area contributed by atoms with Crippen LogP contribution in [-0.4, -0.2) is 97.8 Å². The van der Waals surface area contributed by atoms with E-state index in [1.807, 2.05) is 4.90 Å². The van der Waals surface area contributed by atoms with E-state index in [1.165, 1.54) is 103 Å². The normalized spacial score (nSPS) is 17.1. The summed E-state index contributed by atoms with van der Waals surface area (Å²) < 4.78 is 1.78. The lowest BCUT2D eigenvalue weighted by Gasteiger charge is -2.41. The predicted octanol–water partition coefficient (Wildman–Crippen LogP) is 0.939. The molecular weight excluding hydrogens is 555 g/mol. The molecule has 6 nitrogen and oxygen atoms in total. The summed E-state index contributed by atoms with van der Waals surface area (Å²) >= 11 is 0. The van der Waals surface area contributed by atoms with Crippen LogP contribution in [-0.2, 0) is 9.59 Å². The maximum Gasteiger partial charge on any atom is 0.226 e. The third kappa shape index (κ3) is 18.0. The molecule has 0 bridgehead atoms. The van der Waals surface area contributed by atoms with Gasteiger partial charge in [-0.3, -0.25) is 19.4 Å². The maximum atomic E-state index is 12.4. The number of carbonyl (C=O) groups excluding carboxylic acids is 2. The van der Waals surface area contributed by atoms with Gasteiger partial charge in [-0.05, 0) is 25.7 Å². The van der Waals surface area contributed by atoms with Crippen LogP contribution in [0.1, 0.15) is 135 Å². The van der Waals surface area contributed by atoms with Gasteiger partial charge in [-0.1, -0.05) is 96.8 Å². The first-order valence-electron chi connectivity index (χ1n) is 17.0. The molecule has 0 aliphatic carbocycles. The van der Waals surface area contributed by atoms with Crippen LogP contribution in [0.3, 0.4) is 0 Å². The van der Waals surface area contributed by atoms with Crippen molar-refractivity contribution in [2.75, 3.05) is 67.2 Å². The lowest BCUT2D eigenvalue weighted by molar-refractivity contribution is -0.963. The Morgan fingerprint density at radius 3 is 1.32 bits per heavy atom. The Balaban J connectivity index is 0.00000800. The molecule has 2 saturated heterocycles. The third-order valence-corrected chi connectivity index (χ3v) is 9.21. The average molecular weight is 622 g/mol. The Hall–Kier alpha value is -0.560. The summed E-state index contributed by atoms with van der Waals surface area (Å²) in [7, 11) is 6.87. The highest BCUT2D eigenvalue weighted by Crippen LogP contribution is 2.19. The second-order valence-electron chi connectivity index (χ2n) is 13.8. The highest BCUT2D eigenvalue weighted by atomic mass is 35.5. The Morgan fingerprint density at radius 1 is 0.537 bits per heavy atom. The number of amides is 2. The minimum absolute atomic E-state index is 0. The van der Waals surface area contributed by atoms with E-state index >= 15 is 0 Å². The molecule has 8 heteroatoms. The van der Waals surface area contributed by atoms with E-state index in [4.69, 9.17) is 0 Å². The molecule has 0 radical (unpaired) electrons. The van der Waals surface area contributed by atoms with Gasteiger partial charge in [0.1, 0.15) is 13.1 Å². The molecule has 1 atom stereocenters. The number of quaternary nitrogens is 2. The average Bonchev–Trinajstić information content (AvgIpc) is 3.49. The van der Waals surface area contributed by atoms with Gasteiger partial charge in [0, 0.05) is 25.9 Å². The summed E-state index contributed by atoms with van der Waals surface area (Å²) in [6.07, 6.45) is 25.8. The first-order valence-corrected chi connectivity index (χ1v) is 17.0. The molecule has 0 aromatic carbocycles. The molecule has 2 heterocycles. The molecular formula is C33H66Cl2N4O2. The predicted molar refractivity (Wildman–Crippen MR) is 164 cm³/mol. The van der Waals surface area contributed by atoms with E-state index in [9.17, 15) is 9.59 Å². The third-order valence-electron chi connectivity index (χ3n) is 9.21. The highest BCUT2D eigenvalue weighted by molar-refractivity contribution is 5.78. The number of nitrogens with zero attached hydrogens (tertiary/aromatic N) is 4. The summed E-state index contributed by atoms with van der Waals surface area (Å²) in [5, 5.41) is 0. The van der Waals surface area contributed by atoms with E-state index in [1.54, 1.807) is 0 Å². The number of carbonyl (C=O) groups is 2. The molecule has 0 N–H and O–H groups in total. The first kappa shape index (κ1) is 40.4. The van der Waals surface area contributed by atoms with Crippen molar-refractivity contribution in [3.05, 3.63) is 0 Å². The number of hydrogen-bond donors (Lipinski definition) is 0. The summed E-state index contributed by atoms with van der Waals surface area (Å²) in [6.45, 7) is 9.00. The number of likely N-dealkylation sites (N-methyl/N-ethyl adjacent to an activating group) is 2. The van der Waals surface area contributed by atoms with Crippen molar-refractivity contribution >= 4 is 11.8 Å². The molecule has 2 rings (SSSR count). The quantitative estimate of drug-likeness (QED) is 0.119. The summed E-state index contributed by atoms with van der Waals surface area (Å²) in [5.41, 5.74) is 0. The minimum Gasteiger partial charge on any atom is -1.00 e. The number of likely N-dealkylation sites (tertiary alicyclic amines) is 2. The van der Waals surface area contributed by atoms with Crippen LogP contribution >= 0.6 is 0 Å². The Kier molecular flexibility index (Phi) is 22.6. The van der Waals surface area contributed by atoms with Gasteiger partial charge in [0.15, 0.2) is 13.3 Å². The van der Waals surface area contributed by atoms with Gasteiger partial charge in [-0.15, -0.1) is 0 Å². The van der Waals surface area contributed by atoms with Crippen LogP contribution in [0.5, 0.6) is 0 Å². The Labute approximate surface area is 266 Å². The van der Waals surface area contributed by atoms with Crippen molar-refractivity contribution < 1.29 is 43.4 Å². The zero-order valence-corrected chi connectivity index (χ0v) is 29.0. The van der Waals surface area contributed by atoms with E-state index in [0.717, 1.165) is 74.3 Å². The smallest absolute Gasteiger partial charge is 0.226 e. The Bertz CT molecular complexity index is 694. The second-order valence-corrected chi connectivity index (χ2v) is 13.8. The lowest BCUT2D eigenvalue weighted by Crippen LogP contribution is -3.00. The second kappa shape index (κ2) is 22.9. The standard InChI is InChI=1S/C33H66N4O2.2ClH/c1-5-6-7-8-9-10-11-12-13-14-15-16-17-18-19-20-27-37(4,31-35-26-22-24-33(35)39)29-28-36(2,3)30-34-25-21-23-32(34)38;;/h5-31H2,1-4H3;2*1H/q+2;;/p-2. The fourth-order valence-electron chi connectivity index (χ4n) is 6.46. The Morgan fingerprint density at radius 2 is 0.927 bits per heavy atom. The SMILES string of the molecule is CCCCCCCCCCCCCCCCCC[N+](C)(CC[N+](C)(C)CN1CCCC1=O)CN1CCCC1=O.[Cl-].[Cl-]. The van der Waals surface area contributed by atoms with E-state index in [0.29, 0.717) is 18.2 Å². The molecule has 0 aromatic heterocycles. The van der Waals surface area contributed by atoms with Gasteiger partial charge in [0.25, 0.3) is 0 Å². The molecule has 1 unspecified atom stereocenters. The van der Waals surface area contributed by atoms with Crippen LogP contribution in [0, 0.1) is 0 Å². The number of rotatable bonds is 24. The van der Waals surface area contributed by atoms with Gasteiger partial charge >= 0.3 is 0 Å². The number of halogens is 2. The molecule has 2 amide bonds. The van der Waals surface area contributed by atoms with Crippen molar-refractivity contribution in [1.29, 1.82) is 0 Å². The molecule has 0 spiro atoms. The van der Waals surface area contributed by atoms with Gasteiger partial charge in [0.05, 0.1) is 27.7 Å². The molecule has 0 saturated carbocycles. The van der Waals surface area contributed by atoms with Crippen molar-refractivity contribution in [2.24, 2.45) is 0 Å². The molecule has 2 fully saturated rings. The summed E-state index contributed by atoms with van der Waals surface area (Å²) in [5.74, 6) is 0.650. The molecule has 0 aromatic rings. The first-order chi connectivity index (χ1) is 18.7. The van der Waals surface area contributed by atoms with Crippen LogP contribution in [0.15, 0.2) is 0 Å². The fourth-order valence-corrected chi connectivity index (χ4v) is 6.46. The molecule has 41 heavy (non-hydrogen) atoms. The van der Waals surface area contributed by atoms with E-state index < -0.39 is 0 Å². The highest BCUT2D eigenvalue weighted by Gasteiger charge is 2.34. The van der Waals surface area contributed by atoms with Crippen molar-refractivity contribution in [3.8, 4) is 0 Å². The number of unbranched alkanes of at least 4 members (excludes halogenated alkanes) is 15. The van der Waals surface area contributed by atoms with Crippen LogP contribution in [0.2, 0.25) is 0 Å². The van der Waals surface area contributed by atoms with Gasteiger partial charge < -0.3 is 33.8 Å². The van der Waals surface area contributed by atoms with Crippen molar-refractivity contribution in [2.45, 2.75) is 135 Å². The number of hydrogen-bond acceptors (Lipinski definition) is 2.